The number of pyridine rings is 1. The monoisotopic (exact) mass is 270 g/mol. The van der Waals surface area contributed by atoms with Crippen molar-refractivity contribution < 1.29 is 4.74 Å². The van der Waals surface area contributed by atoms with Gasteiger partial charge in [-0.05, 0) is 38.5 Å². The van der Waals surface area contributed by atoms with E-state index in [0.29, 0.717) is 0 Å². The second-order valence-electron chi connectivity index (χ2n) is 5.16. The zero-order valence-electron chi connectivity index (χ0n) is 12.3. The van der Waals surface area contributed by atoms with E-state index in [1.54, 1.807) is 6.20 Å². The van der Waals surface area contributed by atoms with Crippen molar-refractivity contribution in [3.05, 3.63) is 59.9 Å². The number of nitrogens with one attached hydrogen (secondary N) is 1. The van der Waals surface area contributed by atoms with Crippen LogP contribution in [0.25, 0.3) is 0 Å². The maximum Gasteiger partial charge on any atom is 0.124 e. The predicted molar refractivity (Wildman–Crippen MR) is 81.7 cm³/mol. The van der Waals surface area contributed by atoms with E-state index in [4.69, 9.17) is 4.74 Å². The molecule has 1 aromatic carbocycles. The lowest BCUT2D eigenvalue weighted by Crippen LogP contribution is -2.19. The van der Waals surface area contributed by atoms with Crippen molar-refractivity contribution in [2.45, 2.75) is 39.5 Å². The molecular formula is C17H22N2O. The lowest BCUT2D eigenvalue weighted by atomic mass is 10.1. The second-order valence-corrected chi connectivity index (χ2v) is 5.16. The Morgan fingerprint density at radius 2 is 1.90 bits per heavy atom. The summed E-state index contributed by atoms with van der Waals surface area (Å²) >= 11 is 0. The summed E-state index contributed by atoms with van der Waals surface area (Å²) in [6.07, 6.45) is 3.88. The van der Waals surface area contributed by atoms with E-state index in [1.807, 2.05) is 44.3 Å². The van der Waals surface area contributed by atoms with Gasteiger partial charge in [-0.25, -0.2) is 0 Å². The molecule has 0 saturated carbocycles. The zero-order chi connectivity index (χ0) is 14.4. The molecule has 0 aliphatic heterocycles. The van der Waals surface area contributed by atoms with Crippen molar-refractivity contribution in [3.63, 3.8) is 0 Å². The van der Waals surface area contributed by atoms with Gasteiger partial charge >= 0.3 is 0 Å². The number of benzene rings is 1. The highest BCUT2D eigenvalue weighted by atomic mass is 16.5. The molecule has 3 nitrogen and oxygen atoms in total. The lowest BCUT2D eigenvalue weighted by Gasteiger charge is -2.17. The number of hydrogen-bond donors (Lipinski definition) is 1. The van der Waals surface area contributed by atoms with E-state index in [2.05, 4.69) is 29.4 Å². The summed E-state index contributed by atoms with van der Waals surface area (Å²) in [5.41, 5.74) is 2.37. The highest BCUT2D eigenvalue weighted by molar-refractivity contribution is 5.33. The molecule has 0 bridgehead atoms. The molecule has 1 N–H and O–H groups in total. The fourth-order valence-electron chi connectivity index (χ4n) is 2.03. The first-order chi connectivity index (χ1) is 9.66. The average molecular weight is 270 g/mol. The largest absolute Gasteiger partial charge is 0.491 e. The average Bonchev–Trinajstić information content (AvgIpc) is 2.46. The van der Waals surface area contributed by atoms with Gasteiger partial charge in [0.15, 0.2) is 0 Å². The standard InChI is InChI=1S/C17H22N2O/c1-13(2)20-17-9-5-4-7-16(17)12-19-14(3)15-8-6-10-18-11-15/h4-11,13-14,19H,12H2,1-3H3/t14-/m0/s1. The minimum absolute atomic E-state index is 0.187. The number of rotatable bonds is 6. The molecule has 1 heterocycles. The molecule has 0 aliphatic rings. The number of hydrogen-bond acceptors (Lipinski definition) is 3. The van der Waals surface area contributed by atoms with Crippen molar-refractivity contribution in [3.8, 4) is 5.75 Å². The first-order valence-corrected chi connectivity index (χ1v) is 7.04. The summed E-state index contributed by atoms with van der Waals surface area (Å²) in [6.45, 7) is 7.01. The van der Waals surface area contributed by atoms with E-state index in [1.165, 1.54) is 11.1 Å². The maximum atomic E-state index is 5.83. The van der Waals surface area contributed by atoms with Gasteiger partial charge in [-0.15, -0.1) is 0 Å². The van der Waals surface area contributed by atoms with E-state index in [9.17, 15) is 0 Å². The summed E-state index contributed by atoms with van der Waals surface area (Å²) in [6, 6.07) is 12.5. The fourth-order valence-corrected chi connectivity index (χ4v) is 2.03. The van der Waals surface area contributed by atoms with Gasteiger partial charge in [0.1, 0.15) is 5.75 Å². The third-order valence-electron chi connectivity index (χ3n) is 3.12. The van der Waals surface area contributed by atoms with Crippen LogP contribution in [-0.2, 0) is 6.54 Å². The molecule has 2 aromatic rings. The van der Waals surface area contributed by atoms with Crippen molar-refractivity contribution in [2.75, 3.05) is 0 Å². The topological polar surface area (TPSA) is 34.1 Å². The van der Waals surface area contributed by atoms with Gasteiger partial charge in [-0.2, -0.15) is 0 Å². The normalized spacial score (nSPS) is 12.4. The van der Waals surface area contributed by atoms with Gasteiger partial charge in [0.05, 0.1) is 6.10 Å². The first kappa shape index (κ1) is 14.5. The smallest absolute Gasteiger partial charge is 0.124 e. The molecule has 20 heavy (non-hydrogen) atoms. The van der Waals surface area contributed by atoms with Crippen LogP contribution in [0.15, 0.2) is 48.8 Å². The molecule has 0 spiro atoms. The highest BCUT2D eigenvalue weighted by Crippen LogP contribution is 2.20. The van der Waals surface area contributed by atoms with Crippen LogP contribution < -0.4 is 10.1 Å². The fraction of sp³-hybridized carbons (Fsp3) is 0.353. The minimum Gasteiger partial charge on any atom is -0.491 e. The Labute approximate surface area is 121 Å². The summed E-state index contributed by atoms with van der Waals surface area (Å²) in [7, 11) is 0. The molecule has 0 unspecified atom stereocenters. The number of ether oxygens (including phenoxy) is 1. The van der Waals surface area contributed by atoms with E-state index >= 15 is 0 Å². The van der Waals surface area contributed by atoms with Gasteiger partial charge in [-0.1, -0.05) is 24.3 Å². The van der Waals surface area contributed by atoms with Crippen LogP contribution in [0.1, 0.15) is 37.9 Å². The molecule has 106 valence electrons. The number of para-hydroxylation sites is 1. The maximum absolute atomic E-state index is 5.83. The third-order valence-corrected chi connectivity index (χ3v) is 3.12. The quantitative estimate of drug-likeness (QED) is 0.868. The van der Waals surface area contributed by atoms with Crippen LogP contribution in [0.4, 0.5) is 0 Å². The summed E-state index contributed by atoms with van der Waals surface area (Å²) in [4.78, 5) is 4.15. The molecule has 1 atom stereocenters. The number of nitrogens with zero attached hydrogens (tertiary/aromatic N) is 1. The Morgan fingerprint density at radius 3 is 2.60 bits per heavy atom. The van der Waals surface area contributed by atoms with Gasteiger partial charge < -0.3 is 10.1 Å². The lowest BCUT2D eigenvalue weighted by molar-refractivity contribution is 0.239. The molecule has 0 aliphatic carbocycles. The molecule has 1 aromatic heterocycles. The van der Waals surface area contributed by atoms with E-state index < -0.39 is 0 Å². The van der Waals surface area contributed by atoms with Crippen LogP contribution in [0.2, 0.25) is 0 Å². The van der Waals surface area contributed by atoms with Crippen molar-refractivity contribution in [1.82, 2.24) is 10.3 Å². The van der Waals surface area contributed by atoms with Gasteiger partial charge in [0.2, 0.25) is 0 Å². The first-order valence-electron chi connectivity index (χ1n) is 7.04. The molecule has 2 rings (SSSR count). The van der Waals surface area contributed by atoms with Crippen LogP contribution in [-0.4, -0.2) is 11.1 Å². The molecule has 0 saturated heterocycles. The van der Waals surface area contributed by atoms with Gasteiger partial charge in [0.25, 0.3) is 0 Å². The highest BCUT2D eigenvalue weighted by Gasteiger charge is 2.08. The molecule has 0 amide bonds. The van der Waals surface area contributed by atoms with Crippen LogP contribution in [0.5, 0.6) is 5.75 Å². The van der Waals surface area contributed by atoms with Crippen molar-refractivity contribution in [2.24, 2.45) is 0 Å². The number of aromatic nitrogens is 1. The summed E-state index contributed by atoms with van der Waals surface area (Å²) < 4.78 is 5.83. The molecular weight excluding hydrogens is 248 g/mol. The Kier molecular flexibility index (Phi) is 5.13. The molecule has 3 heteroatoms. The summed E-state index contributed by atoms with van der Waals surface area (Å²) in [5.74, 6) is 0.952. The van der Waals surface area contributed by atoms with Gasteiger partial charge in [0, 0.05) is 30.5 Å². The third kappa shape index (κ3) is 4.07. The zero-order valence-corrected chi connectivity index (χ0v) is 12.3. The van der Waals surface area contributed by atoms with Crippen molar-refractivity contribution >= 4 is 0 Å². The minimum atomic E-state index is 0.187. The Hall–Kier alpha value is -1.87. The van der Waals surface area contributed by atoms with Crippen molar-refractivity contribution in [1.29, 1.82) is 0 Å². The second kappa shape index (κ2) is 7.06. The molecule has 0 radical (unpaired) electrons. The van der Waals surface area contributed by atoms with Crippen LogP contribution in [0.3, 0.4) is 0 Å². The van der Waals surface area contributed by atoms with E-state index in [0.717, 1.165) is 12.3 Å². The molecule has 0 fully saturated rings. The Balaban J connectivity index is 2.00. The SMILES string of the molecule is CC(C)Oc1ccccc1CN[C@@H](C)c1cccnc1. The van der Waals surface area contributed by atoms with E-state index in [-0.39, 0.29) is 12.1 Å². The summed E-state index contributed by atoms with van der Waals surface area (Å²) in [5, 5.41) is 3.51. The van der Waals surface area contributed by atoms with Gasteiger partial charge in [-0.3, -0.25) is 4.98 Å². The Morgan fingerprint density at radius 1 is 1.10 bits per heavy atom. The Bertz CT molecular complexity index is 526. The predicted octanol–water partition coefficient (Wildman–Crippen LogP) is 3.72. The van der Waals surface area contributed by atoms with Crippen LogP contribution in [0, 0.1) is 0 Å². The van der Waals surface area contributed by atoms with Crippen LogP contribution >= 0.6 is 0 Å².